The first-order valence-electron chi connectivity index (χ1n) is 8.01. The van der Waals surface area contributed by atoms with Crippen LogP contribution in [0.3, 0.4) is 0 Å². The molecule has 1 N–H and O–H groups in total. The number of pyridine rings is 1. The van der Waals surface area contributed by atoms with E-state index in [0.29, 0.717) is 11.7 Å². The van der Waals surface area contributed by atoms with Crippen LogP contribution < -0.4 is 5.32 Å². The molecular formula is C16H24N4O. The molecule has 114 valence electrons. The number of hydrogen-bond acceptors (Lipinski definition) is 4. The lowest BCUT2D eigenvalue weighted by molar-refractivity contribution is 0.0368. The van der Waals surface area contributed by atoms with Gasteiger partial charge in [-0.1, -0.05) is 6.42 Å². The van der Waals surface area contributed by atoms with Crippen molar-refractivity contribution in [3.63, 3.8) is 0 Å². The van der Waals surface area contributed by atoms with Crippen LogP contribution in [0.1, 0.15) is 36.7 Å². The van der Waals surface area contributed by atoms with Crippen LogP contribution in [0.4, 0.5) is 5.69 Å². The number of hydrogen-bond donors (Lipinski definition) is 1. The zero-order valence-electron chi connectivity index (χ0n) is 12.7. The summed E-state index contributed by atoms with van der Waals surface area (Å²) in [6, 6.07) is 4.31. The number of fused-ring (bicyclic) bond motifs is 1. The summed E-state index contributed by atoms with van der Waals surface area (Å²) in [7, 11) is 0. The van der Waals surface area contributed by atoms with Gasteiger partial charge in [0.05, 0.1) is 0 Å². The third-order valence-electron chi connectivity index (χ3n) is 4.48. The first-order valence-corrected chi connectivity index (χ1v) is 8.01. The van der Waals surface area contributed by atoms with Gasteiger partial charge in [-0.25, -0.2) is 0 Å². The van der Waals surface area contributed by atoms with Gasteiger partial charge in [-0.05, 0) is 38.4 Å². The highest BCUT2D eigenvalue weighted by Crippen LogP contribution is 2.22. The minimum atomic E-state index is 0.0694. The maximum absolute atomic E-state index is 12.6. The summed E-state index contributed by atoms with van der Waals surface area (Å²) in [4.78, 5) is 21.4. The SMILES string of the molecule is CCNc1ccnc(C(=O)N2CCN3CCCCC3C2)c1. The molecule has 1 aromatic heterocycles. The maximum Gasteiger partial charge on any atom is 0.272 e. The van der Waals surface area contributed by atoms with Gasteiger partial charge in [0.2, 0.25) is 0 Å². The number of anilines is 1. The Bertz CT molecular complexity index is 505. The Morgan fingerprint density at radius 3 is 3.14 bits per heavy atom. The monoisotopic (exact) mass is 288 g/mol. The predicted molar refractivity (Wildman–Crippen MR) is 83.5 cm³/mol. The van der Waals surface area contributed by atoms with Crippen molar-refractivity contribution in [3.8, 4) is 0 Å². The number of rotatable bonds is 3. The highest BCUT2D eigenvalue weighted by atomic mass is 16.2. The Morgan fingerprint density at radius 1 is 1.38 bits per heavy atom. The second kappa shape index (κ2) is 6.43. The standard InChI is InChI=1S/C16H24N4O/c1-2-17-13-6-7-18-15(11-13)16(21)20-10-9-19-8-4-3-5-14(19)12-20/h6-7,11,14H,2-5,8-10,12H2,1H3,(H,17,18). The summed E-state index contributed by atoms with van der Waals surface area (Å²) in [5, 5.41) is 3.23. The molecule has 0 spiro atoms. The van der Waals surface area contributed by atoms with Gasteiger partial charge in [0, 0.05) is 44.1 Å². The lowest BCUT2D eigenvalue weighted by atomic mass is 9.99. The lowest BCUT2D eigenvalue weighted by Crippen LogP contribution is -2.56. The average molecular weight is 288 g/mol. The molecule has 1 atom stereocenters. The maximum atomic E-state index is 12.6. The van der Waals surface area contributed by atoms with Crippen molar-refractivity contribution in [1.82, 2.24) is 14.8 Å². The summed E-state index contributed by atoms with van der Waals surface area (Å²) in [6.07, 6.45) is 5.52. The number of nitrogens with zero attached hydrogens (tertiary/aromatic N) is 3. The van der Waals surface area contributed by atoms with Gasteiger partial charge in [0.25, 0.3) is 5.91 Å². The number of carbonyl (C=O) groups is 1. The van der Waals surface area contributed by atoms with Gasteiger partial charge in [0.1, 0.15) is 5.69 Å². The molecule has 2 saturated heterocycles. The molecule has 0 aliphatic carbocycles. The van der Waals surface area contributed by atoms with E-state index >= 15 is 0 Å². The third kappa shape index (κ3) is 3.18. The number of nitrogens with one attached hydrogen (secondary N) is 1. The molecule has 2 fully saturated rings. The van der Waals surface area contributed by atoms with E-state index in [9.17, 15) is 4.79 Å². The van der Waals surface area contributed by atoms with Crippen LogP contribution in [0.2, 0.25) is 0 Å². The van der Waals surface area contributed by atoms with Crippen molar-refractivity contribution < 1.29 is 4.79 Å². The van der Waals surface area contributed by atoms with Crippen LogP contribution in [0, 0.1) is 0 Å². The molecule has 1 aromatic rings. The van der Waals surface area contributed by atoms with Gasteiger partial charge in [-0.2, -0.15) is 0 Å². The largest absolute Gasteiger partial charge is 0.385 e. The molecule has 5 heteroatoms. The van der Waals surface area contributed by atoms with E-state index in [1.165, 1.54) is 25.8 Å². The molecule has 2 aliphatic rings. The van der Waals surface area contributed by atoms with Gasteiger partial charge in [-0.3, -0.25) is 14.7 Å². The van der Waals surface area contributed by atoms with Crippen LogP contribution in [0.5, 0.6) is 0 Å². The minimum absolute atomic E-state index is 0.0694. The van der Waals surface area contributed by atoms with Crippen molar-refractivity contribution in [2.75, 3.05) is 38.0 Å². The Labute approximate surface area is 126 Å². The highest BCUT2D eigenvalue weighted by molar-refractivity contribution is 5.93. The zero-order chi connectivity index (χ0) is 14.7. The minimum Gasteiger partial charge on any atom is -0.385 e. The first-order chi connectivity index (χ1) is 10.3. The van der Waals surface area contributed by atoms with Crippen LogP contribution in [0.25, 0.3) is 0 Å². The van der Waals surface area contributed by atoms with Gasteiger partial charge in [0.15, 0.2) is 0 Å². The molecular weight excluding hydrogens is 264 g/mol. The summed E-state index contributed by atoms with van der Waals surface area (Å²) in [6.45, 7) is 6.77. The smallest absolute Gasteiger partial charge is 0.272 e. The van der Waals surface area contributed by atoms with Crippen molar-refractivity contribution in [2.45, 2.75) is 32.2 Å². The van der Waals surface area contributed by atoms with Crippen LogP contribution in [-0.4, -0.2) is 59.5 Å². The molecule has 0 bridgehead atoms. The molecule has 0 aromatic carbocycles. The average Bonchev–Trinajstić information content (AvgIpc) is 2.54. The van der Waals surface area contributed by atoms with E-state index in [0.717, 1.165) is 31.9 Å². The molecule has 0 radical (unpaired) electrons. The van der Waals surface area contributed by atoms with Crippen LogP contribution in [0.15, 0.2) is 18.3 Å². The summed E-state index contributed by atoms with van der Waals surface area (Å²) in [5.41, 5.74) is 1.52. The van der Waals surface area contributed by atoms with Crippen molar-refractivity contribution >= 4 is 11.6 Å². The second-order valence-electron chi connectivity index (χ2n) is 5.90. The number of amides is 1. The van der Waals surface area contributed by atoms with Crippen molar-refractivity contribution in [2.24, 2.45) is 0 Å². The van der Waals surface area contributed by atoms with E-state index in [4.69, 9.17) is 0 Å². The topological polar surface area (TPSA) is 48.5 Å². The lowest BCUT2D eigenvalue weighted by Gasteiger charge is -2.43. The predicted octanol–water partition coefficient (Wildman–Crippen LogP) is 1.82. The molecule has 21 heavy (non-hydrogen) atoms. The molecule has 1 amide bonds. The molecule has 5 nitrogen and oxygen atoms in total. The molecule has 1 unspecified atom stereocenters. The Kier molecular flexibility index (Phi) is 4.39. The quantitative estimate of drug-likeness (QED) is 0.922. The third-order valence-corrected chi connectivity index (χ3v) is 4.48. The van der Waals surface area contributed by atoms with E-state index in [1.54, 1.807) is 6.20 Å². The number of aromatic nitrogens is 1. The highest BCUT2D eigenvalue weighted by Gasteiger charge is 2.31. The van der Waals surface area contributed by atoms with Crippen molar-refractivity contribution in [1.29, 1.82) is 0 Å². The summed E-state index contributed by atoms with van der Waals surface area (Å²) >= 11 is 0. The van der Waals surface area contributed by atoms with Crippen LogP contribution >= 0.6 is 0 Å². The summed E-state index contributed by atoms with van der Waals surface area (Å²) in [5.74, 6) is 0.0694. The first kappa shape index (κ1) is 14.3. The van der Waals surface area contributed by atoms with Gasteiger partial charge in [-0.15, -0.1) is 0 Å². The van der Waals surface area contributed by atoms with Crippen molar-refractivity contribution in [3.05, 3.63) is 24.0 Å². The Morgan fingerprint density at radius 2 is 2.29 bits per heavy atom. The van der Waals surface area contributed by atoms with E-state index in [-0.39, 0.29) is 5.91 Å². The number of carbonyl (C=O) groups excluding carboxylic acids is 1. The molecule has 3 heterocycles. The van der Waals surface area contributed by atoms with E-state index in [2.05, 4.69) is 15.2 Å². The Balaban J connectivity index is 1.68. The van der Waals surface area contributed by atoms with E-state index < -0.39 is 0 Å². The fraction of sp³-hybridized carbons (Fsp3) is 0.625. The summed E-state index contributed by atoms with van der Waals surface area (Å²) < 4.78 is 0. The van der Waals surface area contributed by atoms with Crippen LogP contribution in [-0.2, 0) is 0 Å². The molecule has 2 aliphatic heterocycles. The normalized spacial score (nSPS) is 22.7. The second-order valence-corrected chi connectivity index (χ2v) is 5.90. The van der Waals surface area contributed by atoms with E-state index in [1.807, 2.05) is 24.0 Å². The fourth-order valence-electron chi connectivity index (χ4n) is 3.36. The number of piperidine rings is 1. The number of piperazine rings is 1. The van der Waals surface area contributed by atoms with Gasteiger partial charge >= 0.3 is 0 Å². The molecule has 0 saturated carbocycles. The fourth-order valence-corrected chi connectivity index (χ4v) is 3.36. The molecule has 3 rings (SSSR count). The zero-order valence-corrected chi connectivity index (χ0v) is 12.7. The van der Waals surface area contributed by atoms with Gasteiger partial charge < -0.3 is 10.2 Å². The Hall–Kier alpha value is -1.62.